The van der Waals surface area contributed by atoms with Gasteiger partial charge in [0, 0.05) is 11.1 Å². The van der Waals surface area contributed by atoms with Gasteiger partial charge in [0.2, 0.25) is 0 Å². The minimum absolute atomic E-state index is 0.0697. The summed E-state index contributed by atoms with van der Waals surface area (Å²) >= 11 is 0. The first-order valence-electron chi connectivity index (χ1n) is 8.90. The molecule has 1 aromatic rings. The first-order valence-corrected chi connectivity index (χ1v) is 8.90. The van der Waals surface area contributed by atoms with Gasteiger partial charge < -0.3 is 4.74 Å². The summed E-state index contributed by atoms with van der Waals surface area (Å²) in [6.07, 6.45) is 6.70. The van der Waals surface area contributed by atoms with Crippen LogP contribution >= 0.6 is 0 Å². The number of benzene rings is 1. The molecule has 0 aromatic heterocycles. The molecule has 0 fully saturated rings. The van der Waals surface area contributed by atoms with Gasteiger partial charge in [0.1, 0.15) is 5.75 Å². The molecule has 0 N–H and O–H groups in total. The predicted octanol–water partition coefficient (Wildman–Crippen LogP) is 6.75. The summed E-state index contributed by atoms with van der Waals surface area (Å²) in [7, 11) is 1.80. The van der Waals surface area contributed by atoms with E-state index >= 15 is 0 Å². The Morgan fingerprint density at radius 2 is 1.48 bits per heavy atom. The summed E-state index contributed by atoms with van der Waals surface area (Å²) in [5.41, 5.74) is 4.23. The summed E-state index contributed by atoms with van der Waals surface area (Å²) in [5.74, 6) is 1.63. The van der Waals surface area contributed by atoms with E-state index in [9.17, 15) is 0 Å². The number of hydrogen-bond donors (Lipinski definition) is 0. The lowest BCUT2D eigenvalue weighted by Crippen LogP contribution is -2.20. The van der Waals surface area contributed by atoms with Crippen molar-refractivity contribution in [2.75, 3.05) is 7.11 Å². The average molecular weight is 317 g/mol. The lowest BCUT2D eigenvalue weighted by Gasteiger charge is -2.31. The maximum atomic E-state index is 5.87. The quantitative estimate of drug-likeness (QED) is 0.546. The van der Waals surface area contributed by atoms with E-state index in [0.29, 0.717) is 5.92 Å². The Morgan fingerprint density at radius 3 is 1.78 bits per heavy atom. The topological polar surface area (TPSA) is 9.23 Å². The van der Waals surface area contributed by atoms with Crippen LogP contribution in [0.15, 0.2) is 24.3 Å². The molecule has 1 nitrogen and oxygen atoms in total. The third-order valence-electron chi connectivity index (χ3n) is 4.55. The first kappa shape index (κ1) is 19.8. The second kappa shape index (κ2) is 7.55. The van der Waals surface area contributed by atoms with E-state index in [1.54, 1.807) is 7.11 Å². The highest BCUT2D eigenvalue weighted by Gasteiger charge is 2.28. The standard InChI is InChI=1S/C22H36O/c1-10-12-13-16(11-2)17-14-18(21(3,4)5)20(23-9)19(15-17)22(6,7)8/h10,12,14-16H,11,13H2,1-9H3/b12-10-. The van der Waals surface area contributed by atoms with Crippen molar-refractivity contribution in [1.82, 2.24) is 0 Å². The molecule has 0 aliphatic carbocycles. The molecular weight excluding hydrogens is 280 g/mol. The van der Waals surface area contributed by atoms with Crippen LogP contribution in [-0.4, -0.2) is 7.11 Å². The van der Waals surface area contributed by atoms with E-state index in [1.807, 2.05) is 0 Å². The third-order valence-corrected chi connectivity index (χ3v) is 4.55. The molecule has 0 saturated carbocycles. The van der Waals surface area contributed by atoms with Crippen molar-refractivity contribution >= 4 is 0 Å². The van der Waals surface area contributed by atoms with Crippen LogP contribution < -0.4 is 4.74 Å². The Labute approximate surface area is 144 Å². The van der Waals surface area contributed by atoms with Crippen LogP contribution in [0.25, 0.3) is 0 Å². The van der Waals surface area contributed by atoms with Crippen LogP contribution in [0.4, 0.5) is 0 Å². The third kappa shape index (κ3) is 4.86. The van der Waals surface area contributed by atoms with Crippen LogP contribution in [0.3, 0.4) is 0 Å². The molecule has 0 heterocycles. The maximum Gasteiger partial charge on any atom is 0.126 e. The Bertz CT molecular complexity index is 503. The molecule has 0 aliphatic heterocycles. The summed E-state index contributed by atoms with van der Waals surface area (Å²) < 4.78 is 5.87. The molecule has 1 unspecified atom stereocenters. The maximum absolute atomic E-state index is 5.87. The normalized spacial score (nSPS) is 14.3. The second-order valence-electron chi connectivity index (χ2n) is 8.56. The van der Waals surface area contributed by atoms with Crippen LogP contribution in [0.2, 0.25) is 0 Å². The van der Waals surface area contributed by atoms with Crippen molar-refractivity contribution < 1.29 is 4.74 Å². The van der Waals surface area contributed by atoms with Crippen molar-refractivity contribution in [3.05, 3.63) is 41.0 Å². The smallest absolute Gasteiger partial charge is 0.126 e. The zero-order valence-electron chi connectivity index (χ0n) is 16.7. The van der Waals surface area contributed by atoms with Crippen molar-refractivity contribution in [2.24, 2.45) is 0 Å². The molecule has 0 aliphatic rings. The van der Waals surface area contributed by atoms with E-state index in [1.165, 1.54) is 16.7 Å². The summed E-state index contributed by atoms with van der Waals surface area (Å²) in [4.78, 5) is 0. The van der Waals surface area contributed by atoms with Gasteiger partial charge in [-0.1, -0.05) is 72.8 Å². The Hall–Kier alpha value is -1.24. The fraction of sp³-hybridized carbons (Fsp3) is 0.636. The first-order chi connectivity index (χ1) is 10.6. The van der Waals surface area contributed by atoms with Gasteiger partial charge in [-0.3, -0.25) is 0 Å². The average Bonchev–Trinajstić information content (AvgIpc) is 2.45. The highest BCUT2D eigenvalue weighted by atomic mass is 16.5. The van der Waals surface area contributed by atoms with Gasteiger partial charge in [-0.2, -0.15) is 0 Å². The van der Waals surface area contributed by atoms with E-state index in [4.69, 9.17) is 4.74 Å². The monoisotopic (exact) mass is 316 g/mol. The van der Waals surface area contributed by atoms with E-state index in [2.05, 4.69) is 79.7 Å². The Kier molecular flexibility index (Phi) is 6.50. The van der Waals surface area contributed by atoms with Gasteiger partial charge >= 0.3 is 0 Å². The fourth-order valence-corrected chi connectivity index (χ4v) is 3.06. The highest BCUT2D eigenvalue weighted by Crippen LogP contribution is 2.42. The molecule has 0 radical (unpaired) electrons. The lowest BCUT2D eigenvalue weighted by molar-refractivity contribution is 0.380. The second-order valence-corrected chi connectivity index (χ2v) is 8.56. The summed E-state index contributed by atoms with van der Waals surface area (Å²) in [6.45, 7) is 18.0. The molecule has 0 bridgehead atoms. The van der Waals surface area contributed by atoms with Crippen molar-refractivity contribution in [2.45, 2.75) is 85.0 Å². The highest BCUT2D eigenvalue weighted by molar-refractivity contribution is 5.51. The molecule has 1 heteroatoms. The minimum atomic E-state index is 0.0697. The van der Waals surface area contributed by atoms with Gasteiger partial charge in [-0.05, 0) is 42.1 Å². The SMILES string of the molecule is C/C=C\CC(CC)c1cc(C(C)(C)C)c(OC)c(C(C)(C)C)c1. The molecule has 1 atom stereocenters. The zero-order valence-corrected chi connectivity index (χ0v) is 16.7. The van der Waals surface area contributed by atoms with Crippen LogP contribution in [-0.2, 0) is 10.8 Å². The molecule has 1 aromatic carbocycles. The van der Waals surface area contributed by atoms with Gasteiger partial charge in [0.25, 0.3) is 0 Å². The van der Waals surface area contributed by atoms with Crippen LogP contribution in [0.1, 0.15) is 90.8 Å². The number of ether oxygens (including phenoxy) is 1. The van der Waals surface area contributed by atoms with Crippen LogP contribution in [0.5, 0.6) is 5.75 Å². The molecule has 0 amide bonds. The summed E-state index contributed by atoms with van der Waals surface area (Å²) in [6, 6.07) is 4.76. The van der Waals surface area contributed by atoms with Gasteiger partial charge in [-0.15, -0.1) is 0 Å². The van der Waals surface area contributed by atoms with Crippen molar-refractivity contribution in [1.29, 1.82) is 0 Å². The minimum Gasteiger partial charge on any atom is -0.496 e. The van der Waals surface area contributed by atoms with Crippen molar-refractivity contribution in [3.8, 4) is 5.75 Å². The molecule has 0 spiro atoms. The van der Waals surface area contributed by atoms with Gasteiger partial charge in [0.05, 0.1) is 7.11 Å². The fourth-order valence-electron chi connectivity index (χ4n) is 3.06. The molecular formula is C22H36O. The Balaban J connectivity index is 3.61. The van der Waals surface area contributed by atoms with Crippen molar-refractivity contribution in [3.63, 3.8) is 0 Å². The molecule has 130 valence electrons. The predicted molar refractivity (Wildman–Crippen MR) is 103 cm³/mol. The van der Waals surface area contributed by atoms with Gasteiger partial charge in [0.15, 0.2) is 0 Å². The Morgan fingerprint density at radius 1 is 1.00 bits per heavy atom. The molecule has 1 rings (SSSR count). The van der Waals surface area contributed by atoms with Crippen LogP contribution in [0, 0.1) is 0 Å². The largest absolute Gasteiger partial charge is 0.496 e. The number of hydrogen-bond acceptors (Lipinski definition) is 1. The van der Waals surface area contributed by atoms with Gasteiger partial charge in [-0.25, -0.2) is 0 Å². The number of methoxy groups -OCH3 is 1. The number of allylic oxidation sites excluding steroid dienone is 2. The molecule has 23 heavy (non-hydrogen) atoms. The van der Waals surface area contributed by atoms with E-state index in [0.717, 1.165) is 18.6 Å². The zero-order chi connectivity index (χ0) is 17.8. The van der Waals surface area contributed by atoms with E-state index in [-0.39, 0.29) is 10.8 Å². The number of rotatable bonds is 5. The lowest BCUT2D eigenvalue weighted by atomic mass is 9.76. The molecule has 0 saturated heterocycles. The van der Waals surface area contributed by atoms with E-state index < -0.39 is 0 Å². The summed E-state index contributed by atoms with van der Waals surface area (Å²) in [5, 5.41) is 0.